The van der Waals surface area contributed by atoms with Crippen molar-refractivity contribution in [2.24, 2.45) is 0 Å². The number of benzene rings is 1. The number of phenolic OH excluding ortho intramolecular Hbond substituents is 1. The van der Waals surface area contributed by atoms with E-state index in [2.05, 4.69) is 0 Å². The Morgan fingerprint density at radius 3 is 2.48 bits per heavy atom. The van der Waals surface area contributed by atoms with Crippen LogP contribution in [0.1, 0.15) is 17.9 Å². The van der Waals surface area contributed by atoms with Gasteiger partial charge in [-0.3, -0.25) is 4.79 Å². The summed E-state index contributed by atoms with van der Waals surface area (Å²) in [6, 6.07) is 6.09. The molecule has 21 heavy (non-hydrogen) atoms. The molecule has 0 aromatic heterocycles. The zero-order valence-electron chi connectivity index (χ0n) is 11.0. The maximum Gasteiger partial charge on any atom is 0.309 e. The van der Waals surface area contributed by atoms with E-state index in [0.29, 0.717) is 5.56 Å². The van der Waals surface area contributed by atoms with Crippen molar-refractivity contribution in [1.82, 2.24) is 0 Å². The Bertz CT molecular complexity index is 543. The molecule has 0 radical (unpaired) electrons. The summed E-state index contributed by atoms with van der Waals surface area (Å²) in [6.07, 6.45) is -4.30. The molecule has 1 unspecified atom stereocenters. The molecule has 5 atom stereocenters. The van der Waals surface area contributed by atoms with Crippen LogP contribution in [-0.2, 0) is 14.3 Å². The van der Waals surface area contributed by atoms with Gasteiger partial charge in [0, 0.05) is 0 Å². The molecule has 2 aliphatic rings. The highest BCUT2D eigenvalue weighted by Gasteiger charge is 2.61. The van der Waals surface area contributed by atoms with Gasteiger partial charge in [0.2, 0.25) is 5.79 Å². The lowest BCUT2D eigenvalue weighted by atomic mass is 9.82. The molecule has 0 amide bonds. The van der Waals surface area contributed by atoms with Crippen molar-refractivity contribution in [2.75, 3.05) is 6.61 Å². The molecule has 1 spiro atoms. The number of hydrogen-bond acceptors (Lipinski definition) is 7. The van der Waals surface area contributed by atoms with E-state index in [1.807, 2.05) is 0 Å². The topological polar surface area (TPSA) is 116 Å². The second-order valence-electron chi connectivity index (χ2n) is 5.36. The summed E-state index contributed by atoms with van der Waals surface area (Å²) in [5.74, 6) is -2.84. The number of phenols is 1. The van der Waals surface area contributed by atoms with Crippen molar-refractivity contribution in [3.8, 4) is 5.75 Å². The summed E-state index contributed by atoms with van der Waals surface area (Å²) >= 11 is 0. The molecule has 114 valence electrons. The van der Waals surface area contributed by atoms with Gasteiger partial charge >= 0.3 is 5.97 Å². The van der Waals surface area contributed by atoms with Crippen molar-refractivity contribution in [2.45, 2.75) is 36.4 Å². The average molecular weight is 296 g/mol. The van der Waals surface area contributed by atoms with Crippen molar-refractivity contribution in [3.05, 3.63) is 29.8 Å². The van der Waals surface area contributed by atoms with Crippen LogP contribution in [0.3, 0.4) is 0 Å². The minimum absolute atomic E-state index is 0.0232. The van der Waals surface area contributed by atoms with Gasteiger partial charge in [-0.05, 0) is 17.7 Å². The number of carbonyl (C=O) groups is 1. The lowest BCUT2D eigenvalue weighted by Crippen LogP contribution is -2.62. The summed E-state index contributed by atoms with van der Waals surface area (Å²) in [7, 11) is 0. The largest absolute Gasteiger partial charge is 0.508 e. The molecule has 7 heteroatoms. The van der Waals surface area contributed by atoms with Gasteiger partial charge in [0.05, 0.1) is 18.9 Å². The molecular formula is C14H16O7. The highest BCUT2D eigenvalue weighted by atomic mass is 16.7. The zero-order valence-corrected chi connectivity index (χ0v) is 11.0. The fraction of sp³-hybridized carbons (Fsp3) is 0.500. The van der Waals surface area contributed by atoms with E-state index in [4.69, 9.17) is 9.47 Å². The van der Waals surface area contributed by atoms with E-state index < -0.39 is 36.0 Å². The van der Waals surface area contributed by atoms with E-state index in [0.717, 1.165) is 0 Å². The van der Waals surface area contributed by atoms with Crippen LogP contribution in [0.15, 0.2) is 24.3 Å². The quantitative estimate of drug-likeness (QED) is 0.503. The van der Waals surface area contributed by atoms with Gasteiger partial charge in [0.25, 0.3) is 0 Å². The number of ether oxygens (including phenoxy) is 2. The number of rotatable bonds is 1. The van der Waals surface area contributed by atoms with Gasteiger partial charge in [-0.2, -0.15) is 0 Å². The first kappa shape index (κ1) is 14.3. The van der Waals surface area contributed by atoms with E-state index >= 15 is 0 Å². The normalized spacial score (nSPS) is 39.5. The Hall–Kier alpha value is -1.67. The number of hydrogen-bond donors (Lipinski definition) is 4. The van der Waals surface area contributed by atoms with Gasteiger partial charge in [-0.25, -0.2) is 0 Å². The van der Waals surface area contributed by atoms with E-state index in [1.54, 1.807) is 12.1 Å². The highest BCUT2D eigenvalue weighted by Crippen LogP contribution is 2.47. The molecule has 0 saturated carbocycles. The van der Waals surface area contributed by atoms with Gasteiger partial charge in [0.15, 0.2) is 0 Å². The molecule has 2 fully saturated rings. The maximum absolute atomic E-state index is 11.7. The first-order valence-corrected chi connectivity index (χ1v) is 6.63. The Labute approximate surface area is 120 Å². The molecule has 2 saturated heterocycles. The summed E-state index contributed by atoms with van der Waals surface area (Å²) in [5, 5.41) is 39.0. The molecular weight excluding hydrogens is 280 g/mol. The lowest BCUT2D eigenvalue weighted by Gasteiger charge is -2.44. The van der Waals surface area contributed by atoms with Crippen molar-refractivity contribution in [3.63, 3.8) is 0 Å². The van der Waals surface area contributed by atoms with Gasteiger partial charge in [-0.1, -0.05) is 12.1 Å². The van der Waals surface area contributed by atoms with Crippen LogP contribution in [0.5, 0.6) is 5.75 Å². The van der Waals surface area contributed by atoms with Crippen LogP contribution in [0, 0.1) is 0 Å². The third-order valence-electron chi connectivity index (χ3n) is 4.03. The summed E-state index contributed by atoms with van der Waals surface area (Å²) in [4.78, 5) is 11.7. The molecule has 0 bridgehead atoms. The Kier molecular flexibility index (Phi) is 3.37. The fourth-order valence-electron chi connectivity index (χ4n) is 2.90. The first-order valence-electron chi connectivity index (χ1n) is 6.63. The molecule has 7 nitrogen and oxygen atoms in total. The standard InChI is InChI=1S/C14H16O7/c15-8-3-1-7(2-4-8)9-5-11(17)21-14(9)13(19)12(18)10(16)6-20-14/h1-4,9-10,12-13,15-16,18-19H,5-6H2/t9-,10+,12-,13?,14+/m1/s1. The maximum atomic E-state index is 11.7. The number of carbonyl (C=O) groups excluding carboxylic acids is 1. The van der Waals surface area contributed by atoms with Crippen molar-refractivity contribution >= 4 is 5.97 Å². The number of aliphatic hydroxyl groups is 3. The zero-order chi connectivity index (χ0) is 15.2. The summed E-state index contributed by atoms with van der Waals surface area (Å²) < 4.78 is 10.6. The second kappa shape index (κ2) is 4.96. The highest BCUT2D eigenvalue weighted by molar-refractivity contribution is 5.74. The van der Waals surface area contributed by atoms with E-state index in [9.17, 15) is 25.2 Å². The Morgan fingerprint density at radius 1 is 1.14 bits per heavy atom. The summed E-state index contributed by atoms with van der Waals surface area (Å²) in [6.45, 7) is -0.250. The Balaban J connectivity index is 1.99. The summed E-state index contributed by atoms with van der Waals surface area (Å²) in [5.41, 5.74) is 0.626. The van der Waals surface area contributed by atoms with Crippen molar-refractivity contribution in [1.29, 1.82) is 0 Å². The van der Waals surface area contributed by atoms with Gasteiger partial charge in [0.1, 0.15) is 24.1 Å². The molecule has 0 aliphatic carbocycles. The molecule has 2 aliphatic heterocycles. The number of aliphatic hydroxyl groups excluding tert-OH is 3. The van der Waals surface area contributed by atoms with E-state index in [-0.39, 0.29) is 18.8 Å². The van der Waals surface area contributed by atoms with Crippen LogP contribution in [0.4, 0.5) is 0 Å². The molecule has 2 heterocycles. The average Bonchev–Trinajstić information content (AvgIpc) is 2.80. The van der Waals surface area contributed by atoms with Crippen LogP contribution in [0.2, 0.25) is 0 Å². The fourth-order valence-corrected chi connectivity index (χ4v) is 2.90. The lowest BCUT2D eigenvalue weighted by molar-refractivity contribution is -0.320. The monoisotopic (exact) mass is 296 g/mol. The molecule has 1 aromatic carbocycles. The first-order chi connectivity index (χ1) is 9.94. The molecule has 3 rings (SSSR count). The van der Waals surface area contributed by atoms with E-state index in [1.165, 1.54) is 12.1 Å². The molecule has 1 aromatic rings. The predicted octanol–water partition coefficient (Wildman–Crippen LogP) is -0.768. The Morgan fingerprint density at radius 2 is 1.81 bits per heavy atom. The van der Waals surface area contributed by atoms with Crippen LogP contribution in [0.25, 0.3) is 0 Å². The predicted molar refractivity (Wildman–Crippen MR) is 68.3 cm³/mol. The number of esters is 1. The van der Waals surface area contributed by atoms with Gasteiger partial charge < -0.3 is 29.9 Å². The minimum Gasteiger partial charge on any atom is -0.508 e. The van der Waals surface area contributed by atoms with Gasteiger partial charge in [-0.15, -0.1) is 0 Å². The smallest absolute Gasteiger partial charge is 0.309 e. The van der Waals surface area contributed by atoms with Crippen molar-refractivity contribution < 1.29 is 34.7 Å². The SMILES string of the molecule is O=C1C[C@H](c2ccc(O)cc2)[C@]2(OC[C@H](O)[C@@H](O)C2O)O1. The van der Waals surface area contributed by atoms with Crippen LogP contribution in [-0.4, -0.2) is 57.1 Å². The number of aromatic hydroxyl groups is 1. The second-order valence-corrected chi connectivity index (χ2v) is 5.36. The minimum atomic E-state index is -1.72. The van der Waals surface area contributed by atoms with Crippen LogP contribution >= 0.6 is 0 Å². The van der Waals surface area contributed by atoms with Crippen LogP contribution < -0.4 is 0 Å². The third-order valence-corrected chi connectivity index (χ3v) is 4.03. The molecule has 4 N–H and O–H groups in total. The third kappa shape index (κ3) is 2.18.